The van der Waals surface area contributed by atoms with Crippen LogP contribution in [0.4, 0.5) is 5.69 Å². The molecule has 0 aliphatic heterocycles. The molecule has 0 bridgehead atoms. The minimum absolute atomic E-state index is 0.0446. The number of aryl methyl sites for hydroxylation is 1. The molecule has 0 radical (unpaired) electrons. The van der Waals surface area contributed by atoms with Gasteiger partial charge in [0.1, 0.15) is 0 Å². The molecule has 1 heterocycles. The highest BCUT2D eigenvalue weighted by Gasteiger charge is 2.28. The van der Waals surface area contributed by atoms with Crippen molar-refractivity contribution in [3.8, 4) is 0 Å². The van der Waals surface area contributed by atoms with Crippen molar-refractivity contribution in [2.24, 2.45) is 0 Å². The molecule has 1 aromatic carbocycles. The molecule has 116 valence electrons. The molecule has 22 heavy (non-hydrogen) atoms. The fourth-order valence-corrected chi connectivity index (χ4v) is 2.30. The predicted octanol–water partition coefficient (Wildman–Crippen LogP) is 1.39. The van der Waals surface area contributed by atoms with Crippen molar-refractivity contribution in [1.82, 2.24) is 25.1 Å². The molecule has 7 heteroatoms. The van der Waals surface area contributed by atoms with E-state index in [-0.39, 0.29) is 5.91 Å². The van der Waals surface area contributed by atoms with E-state index in [0.29, 0.717) is 19.1 Å². The SMILES string of the molecule is Cc1ccc(NC(=O)CN(C)Cc2nnnn2C2CC2)cc1. The average molecular weight is 300 g/mol. The Hall–Kier alpha value is -2.28. The summed E-state index contributed by atoms with van der Waals surface area (Å²) < 4.78 is 1.87. The molecular formula is C15H20N6O. The van der Waals surface area contributed by atoms with Crippen LogP contribution in [0.15, 0.2) is 24.3 Å². The zero-order valence-electron chi connectivity index (χ0n) is 12.9. The lowest BCUT2D eigenvalue weighted by Gasteiger charge is -2.15. The Morgan fingerprint density at radius 3 is 2.77 bits per heavy atom. The number of carbonyl (C=O) groups excluding carboxylic acids is 1. The van der Waals surface area contributed by atoms with Gasteiger partial charge in [0.25, 0.3) is 0 Å². The highest BCUT2D eigenvalue weighted by Crippen LogP contribution is 2.34. The predicted molar refractivity (Wildman–Crippen MR) is 82.2 cm³/mol. The highest BCUT2D eigenvalue weighted by molar-refractivity contribution is 5.92. The number of rotatable bonds is 6. The van der Waals surface area contributed by atoms with E-state index in [1.54, 1.807) is 0 Å². The Labute approximate surface area is 129 Å². The number of hydrogen-bond acceptors (Lipinski definition) is 5. The normalized spacial score (nSPS) is 14.3. The molecule has 1 aliphatic carbocycles. The third-order valence-corrected chi connectivity index (χ3v) is 3.61. The van der Waals surface area contributed by atoms with Gasteiger partial charge in [0.15, 0.2) is 5.82 Å². The van der Waals surface area contributed by atoms with E-state index in [1.807, 2.05) is 47.8 Å². The van der Waals surface area contributed by atoms with Gasteiger partial charge in [0.2, 0.25) is 5.91 Å². The lowest BCUT2D eigenvalue weighted by Crippen LogP contribution is -2.30. The zero-order chi connectivity index (χ0) is 15.5. The minimum Gasteiger partial charge on any atom is -0.325 e. The van der Waals surface area contributed by atoms with Crippen molar-refractivity contribution >= 4 is 11.6 Å². The Kier molecular flexibility index (Phi) is 4.15. The van der Waals surface area contributed by atoms with Crippen molar-refractivity contribution in [2.45, 2.75) is 32.4 Å². The third kappa shape index (κ3) is 3.67. The minimum atomic E-state index is -0.0446. The summed E-state index contributed by atoms with van der Waals surface area (Å²) in [7, 11) is 1.89. The van der Waals surface area contributed by atoms with Gasteiger partial charge in [-0.15, -0.1) is 5.10 Å². The lowest BCUT2D eigenvalue weighted by molar-refractivity contribution is -0.117. The highest BCUT2D eigenvalue weighted by atomic mass is 16.2. The molecule has 3 rings (SSSR count). The van der Waals surface area contributed by atoms with Crippen molar-refractivity contribution in [2.75, 3.05) is 18.9 Å². The second kappa shape index (κ2) is 6.23. The second-order valence-electron chi connectivity index (χ2n) is 5.86. The van der Waals surface area contributed by atoms with Crippen LogP contribution in [-0.4, -0.2) is 44.6 Å². The maximum atomic E-state index is 12.1. The second-order valence-corrected chi connectivity index (χ2v) is 5.86. The third-order valence-electron chi connectivity index (χ3n) is 3.61. The van der Waals surface area contributed by atoms with Crippen molar-refractivity contribution in [3.63, 3.8) is 0 Å². The number of benzene rings is 1. The zero-order valence-corrected chi connectivity index (χ0v) is 12.9. The number of carbonyl (C=O) groups is 1. The maximum Gasteiger partial charge on any atom is 0.238 e. The van der Waals surface area contributed by atoms with Crippen LogP contribution in [-0.2, 0) is 11.3 Å². The first-order valence-corrected chi connectivity index (χ1v) is 7.43. The van der Waals surface area contributed by atoms with Crippen LogP contribution in [0, 0.1) is 6.92 Å². The van der Waals surface area contributed by atoms with E-state index in [2.05, 4.69) is 20.8 Å². The van der Waals surface area contributed by atoms with Gasteiger partial charge < -0.3 is 5.32 Å². The van der Waals surface area contributed by atoms with Crippen LogP contribution in [0.1, 0.15) is 30.3 Å². The van der Waals surface area contributed by atoms with Gasteiger partial charge in [0.05, 0.1) is 19.1 Å². The van der Waals surface area contributed by atoms with Crippen LogP contribution < -0.4 is 5.32 Å². The molecular weight excluding hydrogens is 280 g/mol. The smallest absolute Gasteiger partial charge is 0.238 e. The quantitative estimate of drug-likeness (QED) is 0.872. The number of anilines is 1. The van der Waals surface area contributed by atoms with E-state index >= 15 is 0 Å². The number of aromatic nitrogens is 4. The lowest BCUT2D eigenvalue weighted by atomic mass is 10.2. The fraction of sp³-hybridized carbons (Fsp3) is 0.467. The van der Waals surface area contributed by atoms with Gasteiger partial charge in [-0.2, -0.15) is 0 Å². The largest absolute Gasteiger partial charge is 0.325 e. The molecule has 2 aromatic rings. The van der Waals surface area contributed by atoms with Crippen LogP contribution in [0.5, 0.6) is 0 Å². The van der Waals surface area contributed by atoms with E-state index in [4.69, 9.17) is 0 Å². The molecule has 1 saturated carbocycles. The van der Waals surface area contributed by atoms with E-state index in [9.17, 15) is 4.79 Å². The fourth-order valence-electron chi connectivity index (χ4n) is 2.30. The molecule has 0 spiro atoms. The van der Waals surface area contributed by atoms with Gasteiger partial charge in [0, 0.05) is 5.69 Å². The molecule has 0 atom stereocenters. The summed E-state index contributed by atoms with van der Waals surface area (Å²) in [6.07, 6.45) is 2.27. The van der Waals surface area contributed by atoms with Crippen LogP contribution in [0.2, 0.25) is 0 Å². The van der Waals surface area contributed by atoms with Crippen molar-refractivity contribution < 1.29 is 4.79 Å². The summed E-state index contributed by atoms with van der Waals surface area (Å²) in [4.78, 5) is 14.0. The molecule has 1 fully saturated rings. The van der Waals surface area contributed by atoms with Crippen LogP contribution in [0.3, 0.4) is 0 Å². The Morgan fingerprint density at radius 1 is 1.36 bits per heavy atom. The average Bonchev–Trinajstić information content (AvgIpc) is 3.22. The molecule has 0 saturated heterocycles. The molecule has 1 amide bonds. The summed E-state index contributed by atoms with van der Waals surface area (Å²) in [6, 6.07) is 8.20. The number of nitrogens with zero attached hydrogens (tertiary/aromatic N) is 5. The van der Waals surface area contributed by atoms with Crippen molar-refractivity contribution in [3.05, 3.63) is 35.7 Å². The summed E-state index contributed by atoms with van der Waals surface area (Å²) in [6.45, 7) is 2.87. The number of nitrogens with one attached hydrogen (secondary N) is 1. The molecule has 0 unspecified atom stereocenters. The van der Waals surface area contributed by atoms with Gasteiger partial charge in [-0.05, 0) is 49.4 Å². The summed E-state index contributed by atoms with van der Waals surface area (Å²) in [5.74, 6) is 0.768. The Bertz CT molecular complexity index is 646. The van der Waals surface area contributed by atoms with E-state index < -0.39 is 0 Å². The first-order valence-electron chi connectivity index (χ1n) is 7.43. The van der Waals surface area contributed by atoms with Gasteiger partial charge in [-0.1, -0.05) is 17.7 Å². The van der Waals surface area contributed by atoms with Gasteiger partial charge in [-0.3, -0.25) is 9.69 Å². The Balaban J connectivity index is 1.52. The van der Waals surface area contributed by atoms with Crippen LogP contribution >= 0.6 is 0 Å². The molecule has 7 nitrogen and oxygen atoms in total. The molecule has 1 aliphatic rings. The monoisotopic (exact) mass is 300 g/mol. The number of tetrazole rings is 1. The Morgan fingerprint density at radius 2 is 2.09 bits per heavy atom. The van der Waals surface area contributed by atoms with E-state index in [0.717, 1.165) is 24.4 Å². The van der Waals surface area contributed by atoms with Gasteiger partial charge >= 0.3 is 0 Å². The van der Waals surface area contributed by atoms with Gasteiger partial charge in [-0.25, -0.2) is 4.68 Å². The first-order chi connectivity index (χ1) is 10.6. The standard InChI is InChI=1S/C15H20N6O/c1-11-3-5-12(6-4-11)16-15(22)10-20(2)9-14-17-18-19-21(14)13-7-8-13/h3-6,13H,7-10H2,1-2H3,(H,16,22). The topological polar surface area (TPSA) is 75.9 Å². The summed E-state index contributed by atoms with van der Waals surface area (Å²) >= 11 is 0. The number of hydrogen-bond donors (Lipinski definition) is 1. The van der Waals surface area contributed by atoms with Crippen LogP contribution in [0.25, 0.3) is 0 Å². The van der Waals surface area contributed by atoms with Crippen molar-refractivity contribution in [1.29, 1.82) is 0 Å². The summed E-state index contributed by atoms with van der Waals surface area (Å²) in [5, 5.41) is 14.7. The maximum absolute atomic E-state index is 12.1. The molecule has 1 aromatic heterocycles. The molecule has 1 N–H and O–H groups in total. The summed E-state index contributed by atoms with van der Waals surface area (Å²) in [5.41, 5.74) is 1.98. The first kappa shape index (κ1) is 14.6. The number of amides is 1. The number of likely N-dealkylation sites (N-methyl/N-ethyl adjacent to an activating group) is 1. The van der Waals surface area contributed by atoms with E-state index in [1.165, 1.54) is 5.56 Å².